The predicted octanol–water partition coefficient (Wildman–Crippen LogP) is 4.63. The summed E-state index contributed by atoms with van der Waals surface area (Å²) < 4.78 is 0.935. The number of nitrogens with one attached hydrogen (secondary N) is 1. The number of anilines is 2. The summed E-state index contributed by atoms with van der Waals surface area (Å²) in [4.78, 5) is 39.3. The van der Waals surface area contributed by atoms with Crippen LogP contribution in [0.25, 0.3) is 0 Å². The molecule has 144 valence electrons. The van der Waals surface area contributed by atoms with Crippen LogP contribution in [0.1, 0.15) is 36.5 Å². The first-order chi connectivity index (χ1) is 13.4. The maximum absolute atomic E-state index is 12.8. The number of rotatable bonds is 3. The highest BCUT2D eigenvalue weighted by molar-refractivity contribution is 9.10. The summed E-state index contributed by atoms with van der Waals surface area (Å²) in [6.45, 7) is 2.13. The van der Waals surface area contributed by atoms with Crippen LogP contribution in [0.15, 0.2) is 53.0 Å². The number of imide groups is 1. The third-order valence-corrected chi connectivity index (χ3v) is 6.21. The number of amides is 3. The van der Waals surface area contributed by atoms with Crippen LogP contribution in [0.3, 0.4) is 0 Å². The van der Waals surface area contributed by atoms with Crippen molar-refractivity contribution in [3.8, 4) is 0 Å². The molecule has 0 aromatic heterocycles. The van der Waals surface area contributed by atoms with Gasteiger partial charge >= 0.3 is 0 Å². The summed E-state index contributed by atoms with van der Waals surface area (Å²) in [5, 5.41) is 2.83. The molecule has 1 saturated heterocycles. The fourth-order valence-electron chi connectivity index (χ4n) is 4.14. The molecule has 0 unspecified atom stereocenters. The van der Waals surface area contributed by atoms with Gasteiger partial charge in [0.25, 0.3) is 5.91 Å². The molecule has 6 heteroatoms. The Hall–Kier alpha value is -2.47. The van der Waals surface area contributed by atoms with E-state index in [1.807, 2.05) is 12.1 Å². The normalized spacial score (nSPS) is 24.2. The fraction of sp³-hybridized carbons (Fsp3) is 0.318. The molecule has 1 aliphatic heterocycles. The molecule has 0 bridgehead atoms. The van der Waals surface area contributed by atoms with Crippen LogP contribution in [0.4, 0.5) is 11.4 Å². The molecule has 1 N–H and O–H groups in total. The number of nitrogens with zero attached hydrogens (tertiary/aromatic N) is 1. The standard InChI is InChI=1S/C22H21BrN2O3/c1-13-2-11-18-19(12-13)22(28)25(21(18)27)17-9-3-14(4-10-17)20(26)24-16-7-5-15(23)6-8-16/h3-10,13,18-19H,2,11-12H2,1H3,(H,24,26)/t13-,18-,19-/m1/s1. The first-order valence-electron chi connectivity index (χ1n) is 9.49. The van der Waals surface area contributed by atoms with Crippen molar-refractivity contribution in [3.05, 3.63) is 58.6 Å². The van der Waals surface area contributed by atoms with Gasteiger partial charge in [-0.3, -0.25) is 19.3 Å². The minimum Gasteiger partial charge on any atom is -0.322 e. The van der Waals surface area contributed by atoms with Gasteiger partial charge in [0, 0.05) is 15.7 Å². The van der Waals surface area contributed by atoms with Crippen LogP contribution in [-0.2, 0) is 9.59 Å². The van der Waals surface area contributed by atoms with Crippen LogP contribution in [0.5, 0.6) is 0 Å². The van der Waals surface area contributed by atoms with E-state index in [-0.39, 0.29) is 29.6 Å². The molecule has 2 fully saturated rings. The molecule has 3 atom stereocenters. The summed E-state index contributed by atoms with van der Waals surface area (Å²) in [7, 11) is 0. The Morgan fingerprint density at radius 2 is 1.61 bits per heavy atom. The Balaban J connectivity index is 1.50. The van der Waals surface area contributed by atoms with E-state index in [4.69, 9.17) is 0 Å². The summed E-state index contributed by atoms with van der Waals surface area (Å²) >= 11 is 3.36. The van der Waals surface area contributed by atoms with Crippen LogP contribution in [-0.4, -0.2) is 17.7 Å². The molecular formula is C22H21BrN2O3. The van der Waals surface area contributed by atoms with Crippen molar-refractivity contribution in [3.63, 3.8) is 0 Å². The van der Waals surface area contributed by atoms with E-state index in [0.717, 1.165) is 23.7 Å². The number of halogens is 1. The second-order valence-corrected chi connectivity index (χ2v) is 8.57. The average molecular weight is 441 g/mol. The predicted molar refractivity (Wildman–Crippen MR) is 111 cm³/mol. The lowest BCUT2D eigenvalue weighted by molar-refractivity contribution is -0.122. The number of carbonyl (C=O) groups is 3. The third-order valence-electron chi connectivity index (χ3n) is 5.68. The molecular weight excluding hydrogens is 420 g/mol. The molecule has 0 radical (unpaired) electrons. The SMILES string of the molecule is C[C@@H]1CC[C@H]2C(=O)N(c3ccc(C(=O)Nc4ccc(Br)cc4)cc3)C(=O)[C@@H]2C1. The number of hydrogen-bond donors (Lipinski definition) is 1. The molecule has 2 aromatic rings. The number of hydrogen-bond acceptors (Lipinski definition) is 3. The highest BCUT2D eigenvalue weighted by atomic mass is 79.9. The molecule has 28 heavy (non-hydrogen) atoms. The quantitative estimate of drug-likeness (QED) is 0.707. The van der Waals surface area contributed by atoms with Crippen LogP contribution < -0.4 is 10.2 Å². The fourth-order valence-corrected chi connectivity index (χ4v) is 4.41. The van der Waals surface area contributed by atoms with Crippen LogP contribution >= 0.6 is 15.9 Å². The minimum absolute atomic E-state index is 0.103. The van der Waals surface area contributed by atoms with Gasteiger partial charge in [-0.05, 0) is 73.7 Å². The van der Waals surface area contributed by atoms with Gasteiger partial charge in [-0.15, -0.1) is 0 Å². The van der Waals surface area contributed by atoms with Gasteiger partial charge in [0.05, 0.1) is 17.5 Å². The molecule has 4 rings (SSSR count). The molecule has 2 aromatic carbocycles. The highest BCUT2D eigenvalue weighted by Crippen LogP contribution is 2.42. The lowest BCUT2D eigenvalue weighted by Gasteiger charge is -2.25. The van der Waals surface area contributed by atoms with E-state index in [1.54, 1.807) is 36.4 Å². The lowest BCUT2D eigenvalue weighted by atomic mass is 9.76. The molecule has 3 amide bonds. The molecule has 0 spiro atoms. The zero-order chi connectivity index (χ0) is 19.8. The van der Waals surface area contributed by atoms with Gasteiger partial charge in [-0.25, -0.2) is 0 Å². The van der Waals surface area contributed by atoms with Crippen molar-refractivity contribution in [2.24, 2.45) is 17.8 Å². The molecule has 1 heterocycles. The molecule has 5 nitrogen and oxygen atoms in total. The van der Waals surface area contributed by atoms with E-state index in [1.165, 1.54) is 4.90 Å². The maximum atomic E-state index is 12.8. The largest absolute Gasteiger partial charge is 0.322 e. The summed E-state index contributed by atoms with van der Waals surface area (Å²) in [5.41, 5.74) is 1.70. The molecule has 1 saturated carbocycles. The Morgan fingerprint density at radius 3 is 2.29 bits per heavy atom. The summed E-state index contributed by atoms with van der Waals surface area (Å²) in [6, 6.07) is 14.0. The Morgan fingerprint density at radius 1 is 0.964 bits per heavy atom. The zero-order valence-electron chi connectivity index (χ0n) is 15.5. The van der Waals surface area contributed by atoms with E-state index >= 15 is 0 Å². The smallest absolute Gasteiger partial charge is 0.255 e. The molecule has 1 aliphatic carbocycles. The third kappa shape index (κ3) is 3.49. The van der Waals surface area contributed by atoms with Crippen molar-refractivity contribution >= 4 is 45.0 Å². The topological polar surface area (TPSA) is 66.5 Å². The van der Waals surface area contributed by atoms with Gasteiger partial charge in [0.1, 0.15) is 0 Å². The zero-order valence-corrected chi connectivity index (χ0v) is 17.1. The van der Waals surface area contributed by atoms with Crippen molar-refractivity contribution in [2.45, 2.75) is 26.2 Å². The summed E-state index contributed by atoms with van der Waals surface area (Å²) in [6.07, 6.45) is 2.54. The van der Waals surface area contributed by atoms with E-state index in [0.29, 0.717) is 22.9 Å². The monoisotopic (exact) mass is 440 g/mol. The van der Waals surface area contributed by atoms with Crippen molar-refractivity contribution in [2.75, 3.05) is 10.2 Å². The Kier molecular flexibility index (Phi) is 5.06. The second-order valence-electron chi connectivity index (χ2n) is 7.65. The van der Waals surface area contributed by atoms with Crippen molar-refractivity contribution in [1.29, 1.82) is 0 Å². The minimum atomic E-state index is -0.240. The Labute approximate surface area is 172 Å². The van der Waals surface area contributed by atoms with E-state index < -0.39 is 0 Å². The lowest BCUT2D eigenvalue weighted by Crippen LogP contribution is -2.30. The second kappa shape index (κ2) is 7.51. The van der Waals surface area contributed by atoms with Crippen LogP contribution in [0, 0.1) is 17.8 Å². The van der Waals surface area contributed by atoms with E-state index in [2.05, 4.69) is 28.2 Å². The van der Waals surface area contributed by atoms with Crippen molar-refractivity contribution < 1.29 is 14.4 Å². The average Bonchev–Trinajstić information content (AvgIpc) is 2.93. The summed E-state index contributed by atoms with van der Waals surface area (Å²) in [5.74, 6) is -0.360. The first-order valence-corrected chi connectivity index (χ1v) is 10.3. The highest BCUT2D eigenvalue weighted by Gasteiger charge is 2.49. The maximum Gasteiger partial charge on any atom is 0.255 e. The van der Waals surface area contributed by atoms with Gasteiger partial charge < -0.3 is 5.32 Å². The number of carbonyl (C=O) groups excluding carboxylic acids is 3. The van der Waals surface area contributed by atoms with Gasteiger partial charge in [0.2, 0.25) is 11.8 Å². The first kappa shape index (κ1) is 18.9. The van der Waals surface area contributed by atoms with Gasteiger partial charge in [-0.1, -0.05) is 22.9 Å². The van der Waals surface area contributed by atoms with Crippen molar-refractivity contribution in [1.82, 2.24) is 0 Å². The molecule has 2 aliphatic rings. The van der Waals surface area contributed by atoms with Crippen LogP contribution in [0.2, 0.25) is 0 Å². The van der Waals surface area contributed by atoms with E-state index in [9.17, 15) is 14.4 Å². The number of benzene rings is 2. The number of fused-ring (bicyclic) bond motifs is 1. The van der Waals surface area contributed by atoms with Gasteiger partial charge in [-0.2, -0.15) is 0 Å². The van der Waals surface area contributed by atoms with Gasteiger partial charge in [0.15, 0.2) is 0 Å². The Bertz CT molecular complexity index is 924.